The molecule has 1 amide bonds. The molecule has 1 heterocycles. The molecule has 0 spiro atoms. The van der Waals surface area contributed by atoms with Gasteiger partial charge in [0.15, 0.2) is 6.61 Å². The molecule has 2 aromatic rings. The number of aliphatic carboxylic acids is 1. The quantitative estimate of drug-likeness (QED) is 0.797. The first kappa shape index (κ1) is 17.9. The van der Waals surface area contributed by atoms with Crippen molar-refractivity contribution in [1.82, 2.24) is 5.32 Å². The van der Waals surface area contributed by atoms with Crippen molar-refractivity contribution in [2.75, 3.05) is 19.8 Å². The van der Waals surface area contributed by atoms with E-state index in [1.54, 1.807) is 6.07 Å². The molecule has 136 valence electrons. The van der Waals surface area contributed by atoms with Gasteiger partial charge < -0.3 is 19.9 Å². The highest BCUT2D eigenvalue weighted by atomic mass is 16.5. The molecule has 1 aliphatic rings. The number of hydrogen-bond donors (Lipinski definition) is 2. The number of rotatable bonds is 7. The maximum Gasteiger partial charge on any atom is 0.305 e. The van der Waals surface area contributed by atoms with E-state index < -0.39 is 11.5 Å². The smallest absolute Gasteiger partial charge is 0.305 e. The summed E-state index contributed by atoms with van der Waals surface area (Å²) in [5.74, 6) is -0.727. The van der Waals surface area contributed by atoms with Gasteiger partial charge in [-0.15, -0.1) is 0 Å². The number of carboxylic acid groups (broad SMARTS) is 1. The van der Waals surface area contributed by atoms with Crippen molar-refractivity contribution in [3.05, 3.63) is 54.6 Å². The molecule has 0 bridgehead atoms. The summed E-state index contributed by atoms with van der Waals surface area (Å²) in [6.45, 7) is 0.447. The molecule has 0 aliphatic carbocycles. The molecular formula is C20H21NO5. The van der Waals surface area contributed by atoms with E-state index >= 15 is 0 Å². The van der Waals surface area contributed by atoms with Gasteiger partial charge in [-0.05, 0) is 18.1 Å². The van der Waals surface area contributed by atoms with Gasteiger partial charge in [-0.3, -0.25) is 9.59 Å². The first-order valence-corrected chi connectivity index (χ1v) is 8.46. The number of para-hydroxylation sites is 1. The fourth-order valence-electron chi connectivity index (χ4n) is 3.10. The monoisotopic (exact) mass is 355 g/mol. The number of benzene rings is 2. The number of carbonyl (C=O) groups excluding carboxylic acids is 1. The van der Waals surface area contributed by atoms with Crippen LogP contribution in [0.5, 0.6) is 5.75 Å². The lowest BCUT2D eigenvalue weighted by Crippen LogP contribution is -2.51. The van der Waals surface area contributed by atoms with Gasteiger partial charge in [0, 0.05) is 12.2 Å². The predicted molar refractivity (Wildman–Crippen MR) is 95.9 cm³/mol. The summed E-state index contributed by atoms with van der Waals surface area (Å²) in [7, 11) is 0. The van der Waals surface area contributed by atoms with Crippen LogP contribution in [-0.4, -0.2) is 42.3 Å². The molecule has 2 aromatic carbocycles. The van der Waals surface area contributed by atoms with E-state index in [2.05, 4.69) is 5.32 Å². The van der Waals surface area contributed by atoms with Gasteiger partial charge in [0.25, 0.3) is 5.91 Å². The second-order valence-electron chi connectivity index (χ2n) is 6.35. The molecule has 1 unspecified atom stereocenters. The van der Waals surface area contributed by atoms with Gasteiger partial charge in [0.1, 0.15) is 5.75 Å². The number of amides is 1. The molecular weight excluding hydrogens is 334 g/mol. The van der Waals surface area contributed by atoms with Gasteiger partial charge in [0.05, 0.1) is 18.6 Å². The summed E-state index contributed by atoms with van der Waals surface area (Å²) < 4.78 is 11.0. The first-order valence-electron chi connectivity index (χ1n) is 8.46. The Morgan fingerprint density at radius 3 is 2.54 bits per heavy atom. The Morgan fingerprint density at radius 1 is 1.12 bits per heavy atom. The van der Waals surface area contributed by atoms with E-state index in [0.717, 1.165) is 11.1 Å². The number of hydrogen-bond acceptors (Lipinski definition) is 4. The summed E-state index contributed by atoms with van der Waals surface area (Å²) >= 11 is 0. The van der Waals surface area contributed by atoms with Crippen molar-refractivity contribution in [2.45, 2.75) is 18.4 Å². The topological polar surface area (TPSA) is 84.9 Å². The van der Waals surface area contributed by atoms with Crippen LogP contribution >= 0.6 is 0 Å². The summed E-state index contributed by atoms with van der Waals surface area (Å²) in [5, 5.41) is 11.9. The van der Waals surface area contributed by atoms with Crippen molar-refractivity contribution in [3.8, 4) is 16.9 Å². The van der Waals surface area contributed by atoms with Crippen LogP contribution in [0.4, 0.5) is 0 Å². The summed E-state index contributed by atoms with van der Waals surface area (Å²) in [6, 6.07) is 17.2. The number of carbonyl (C=O) groups is 2. The Balaban J connectivity index is 1.66. The number of nitrogens with one attached hydrogen (secondary N) is 1. The highest BCUT2D eigenvalue weighted by Crippen LogP contribution is 2.29. The third-order valence-electron chi connectivity index (χ3n) is 4.33. The lowest BCUT2D eigenvalue weighted by Gasteiger charge is -2.27. The van der Waals surface area contributed by atoms with Crippen LogP contribution in [0.3, 0.4) is 0 Å². The summed E-state index contributed by atoms with van der Waals surface area (Å²) in [5.41, 5.74) is 1.03. The Kier molecular flexibility index (Phi) is 5.53. The van der Waals surface area contributed by atoms with Crippen molar-refractivity contribution in [3.63, 3.8) is 0 Å². The fraction of sp³-hybridized carbons (Fsp3) is 0.300. The highest BCUT2D eigenvalue weighted by molar-refractivity contribution is 5.80. The second-order valence-corrected chi connectivity index (χ2v) is 6.35. The molecule has 0 saturated carbocycles. The minimum Gasteiger partial charge on any atom is -0.483 e. The number of ether oxygens (including phenoxy) is 2. The van der Waals surface area contributed by atoms with Gasteiger partial charge in [-0.1, -0.05) is 48.5 Å². The first-order chi connectivity index (χ1) is 12.6. The third kappa shape index (κ3) is 4.40. The van der Waals surface area contributed by atoms with E-state index in [-0.39, 0.29) is 25.5 Å². The molecule has 6 heteroatoms. The molecule has 2 N–H and O–H groups in total. The summed E-state index contributed by atoms with van der Waals surface area (Å²) in [4.78, 5) is 23.4. The van der Waals surface area contributed by atoms with E-state index in [1.807, 2.05) is 48.5 Å². The van der Waals surface area contributed by atoms with Crippen molar-refractivity contribution < 1.29 is 24.2 Å². The SMILES string of the molecule is O=C(O)CC1(NC(=O)COc2ccccc2-c2ccccc2)CCOC1. The standard InChI is InChI=1S/C20H21NO5/c22-18(21-20(12-19(23)24)10-11-25-14-20)13-26-17-9-5-4-8-16(17)15-6-2-1-3-7-15/h1-9H,10-14H2,(H,21,22)(H,23,24). The van der Waals surface area contributed by atoms with Crippen LogP contribution in [0, 0.1) is 0 Å². The van der Waals surface area contributed by atoms with Gasteiger partial charge in [-0.2, -0.15) is 0 Å². The van der Waals surface area contributed by atoms with Crippen LogP contribution in [0.15, 0.2) is 54.6 Å². The Labute approximate surface area is 151 Å². The van der Waals surface area contributed by atoms with Gasteiger partial charge >= 0.3 is 5.97 Å². The molecule has 1 fully saturated rings. The van der Waals surface area contributed by atoms with Crippen LogP contribution in [-0.2, 0) is 14.3 Å². The van der Waals surface area contributed by atoms with Crippen molar-refractivity contribution in [1.29, 1.82) is 0 Å². The van der Waals surface area contributed by atoms with E-state index in [4.69, 9.17) is 14.6 Å². The van der Waals surface area contributed by atoms with E-state index in [9.17, 15) is 9.59 Å². The summed E-state index contributed by atoms with van der Waals surface area (Å²) in [6.07, 6.45) is 0.311. The molecule has 3 rings (SSSR count). The Morgan fingerprint density at radius 2 is 1.85 bits per heavy atom. The normalized spacial score (nSPS) is 19.1. The average Bonchev–Trinajstić information content (AvgIpc) is 3.08. The molecule has 1 aliphatic heterocycles. The van der Waals surface area contributed by atoms with Crippen LogP contribution in [0.25, 0.3) is 11.1 Å². The lowest BCUT2D eigenvalue weighted by atomic mass is 9.94. The number of carboxylic acids is 1. The van der Waals surface area contributed by atoms with E-state index in [1.165, 1.54) is 0 Å². The zero-order valence-corrected chi connectivity index (χ0v) is 14.3. The third-order valence-corrected chi connectivity index (χ3v) is 4.33. The minimum atomic E-state index is -0.967. The fourth-order valence-corrected chi connectivity index (χ4v) is 3.10. The highest BCUT2D eigenvalue weighted by Gasteiger charge is 2.38. The molecule has 0 aromatic heterocycles. The molecule has 26 heavy (non-hydrogen) atoms. The molecule has 1 saturated heterocycles. The van der Waals surface area contributed by atoms with Crippen molar-refractivity contribution in [2.24, 2.45) is 0 Å². The maximum absolute atomic E-state index is 12.3. The second kappa shape index (κ2) is 8.01. The molecule has 1 atom stereocenters. The van der Waals surface area contributed by atoms with Gasteiger partial charge in [-0.25, -0.2) is 0 Å². The zero-order valence-electron chi connectivity index (χ0n) is 14.3. The Bertz CT molecular complexity index is 769. The minimum absolute atomic E-state index is 0.167. The van der Waals surface area contributed by atoms with Crippen LogP contribution < -0.4 is 10.1 Å². The molecule has 6 nitrogen and oxygen atoms in total. The lowest BCUT2D eigenvalue weighted by molar-refractivity contribution is -0.139. The maximum atomic E-state index is 12.3. The predicted octanol–water partition coefficient (Wildman–Crippen LogP) is 2.48. The Hall–Kier alpha value is -2.86. The van der Waals surface area contributed by atoms with Gasteiger partial charge in [0.2, 0.25) is 0 Å². The van der Waals surface area contributed by atoms with Crippen LogP contribution in [0.1, 0.15) is 12.8 Å². The molecule has 0 radical (unpaired) electrons. The largest absolute Gasteiger partial charge is 0.483 e. The zero-order chi connectivity index (χ0) is 18.4. The van der Waals surface area contributed by atoms with Crippen molar-refractivity contribution >= 4 is 11.9 Å². The van der Waals surface area contributed by atoms with E-state index in [0.29, 0.717) is 18.8 Å². The average molecular weight is 355 g/mol. The van der Waals surface area contributed by atoms with Crippen LogP contribution in [0.2, 0.25) is 0 Å².